The van der Waals surface area contributed by atoms with E-state index in [1.54, 1.807) is 0 Å². The highest BCUT2D eigenvalue weighted by atomic mass is 35.5. The molecule has 0 spiro atoms. The summed E-state index contributed by atoms with van der Waals surface area (Å²) in [6, 6.07) is 11.3. The van der Waals surface area contributed by atoms with Gasteiger partial charge in [-0.3, -0.25) is 0 Å². The molecule has 4 nitrogen and oxygen atoms in total. The first-order chi connectivity index (χ1) is 13.1. The van der Waals surface area contributed by atoms with Crippen LogP contribution in [0.25, 0.3) is 0 Å². The van der Waals surface area contributed by atoms with Crippen molar-refractivity contribution in [1.82, 2.24) is 0 Å². The molecule has 2 aliphatic rings. The van der Waals surface area contributed by atoms with Crippen LogP contribution < -0.4 is 4.74 Å². The summed E-state index contributed by atoms with van der Waals surface area (Å²) in [6.45, 7) is 8.20. The summed E-state index contributed by atoms with van der Waals surface area (Å²) < 4.78 is 24.4. The first-order valence-electron chi connectivity index (χ1n) is 10.4. The number of hydrogen-bond donors (Lipinski definition) is 0. The molecule has 6 heteroatoms. The van der Waals surface area contributed by atoms with Crippen LogP contribution in [0.1, 0.15) is 40.0 Å². The summed E-state index contributed by atoms with van der Waals surface area (Å²) in [5, 5.41) is 0.676. The van der Waals surface area contributed by atoms with Crippen molar-refractivity contribution >= 4 is 19.7 Å². The molecule has 0 N–H and O–H groups in total. The molecule has 0 amide bonds. The van der Waals surface area contributed by atoms with E-state index < -0.39 is 8.07 Å². The van der Waals surface area contributed by atoms with Crippen LogP contribution in [0, 0.1) is 0 Å². The summed E-state index contributed by atoms with van der Waals surface area (Å²) >= 11 is 6.08. The summed E-state index contributed by atoms with van der Waals surface area (Å²) in [7, 11) is -1.41. The predicted octanol–water partition coefficient (Wildman–Crippen LogP) is 5.45. The molecular formula is C21H33ClO4Si. The molecule has 4 atom stereocenters. The Morgan fingerprint density at radius 2 is 1.96 bits per heavy atom. The number of hydrogen-bond acceptors (Lipinski definition) is 4. The van der Waals surface area contributed by atoms with Crippen LogP contribution in [0.2, 0.25) is 23.2 Å². The van der Waals surface area contributed by atoms with Gasteiger partial charge in [0.1, 0.15) is 24.6 Å². The number of ether oxygens (including phenoxy) is 4. The zero-order valence-electron chi connectivity index (χ0n) is 16.8. The molecule has 0 bridgehead atoms. The molecule has 1 aromatic rings. The number of epoxide rings is 1. The van der Waals surface area contributed by atoms with Gasteiger partial charge in [-0.05, 0) is 37.5 Å². The molecule has 3 unspecified atom stereocenters. The van der Waals surface area contributed by atoms with Crippen molar-refractivity contribution < 1.29 is 18.9 Å². The fourth-order valence-electron chi connectivity index (χ4n) is 4.21. The van der Waals surface area contributed by atoms with E-state index in [1.807, 2.05) is 24.3 Å². The monoisotopic (exact) mass is 412 g/mol. The summed E-state index contributed by atoms with van der Waals surface area (Å²) in [5.74, 6) is 0.767. The highest BCUT2D eigenvalue weighted by Crippen LogP contribution is 2.41. The molecule has 1 aromatic carbocycles. The maximum absolute atomic E-state index is 6.34. The Labute approximate surface area is 169 Å². The molecule has 2 aliphatic heterocycles. The topological polar surface area (TPSA) is 40.2 Å². The maximum atomic E-state index is 6.34. The van der Waals surface area contributed by atoms with Crippen molar-refractivity contribution in [1.29, 1.82) is 0 Å². The number of rotatable bonds is 10. The molecule has 2 heterocycles. The lowest BCUT2D eigenvalue weighted by Gasteiger charge is -2.29. The van der Waals surface area contributed by atoms with Crippen LogP contribution in [0.3, 0.4) is 0 Å². The van der Waals surface area contributed by atoms with Crippen molar-refractivity contribution in [2.45, 2.75) is 82.4 Å². The molecule has 0 radical (unpaired) electrons. The van der Waals surface area contributed by atoms with E-state index >= 15 is 0 Å². The Balaban J connectivity index is 1.66. The summed E-state index contributed by atoms with van der Waals surface area (Å²) in [5.41, 5.74) is 0.369. The Morgan fingerprint density at radius 1 is 1.19 bits per heavy atom. The van der Waals surface area contributed by atoms with Gasteiger partial charge in [-0.2, -0.15) is 0 Å². The van der Waals surface area contributed by atoms with Crippen LogP contribution in [0.5, 0.6) is 5.75 Å². The smallest absolute Gasteiger partial charge is 0.158 e. The molecule has 152 valence electrons. The van der Waals surface area contributed by atoms with Gasteiger partial charge in [-0.1, -0.05) is 56.6 Å². The van der Waals surface area contributed by atoms with Crippen molar-refractivity contribution in [2.24, 2.45) is 0 Å². The van der Waals surface area contributed by atoms with E-state index in [1.165, 1.54) is 18.1 Å². The Hall–Kier alpha value is -0.593. The van der Waals surface area contributed by atoms with Gasteiger partial charge in [-0.25, -0.2) is 0 Å². The molecule has 27 heavy (non-hydrogen) atoms. The lowest BCUT2D eigenvalue weighted by molar-refractivity contribution is -0.196. The standard InChI is InChI=1S/C21H33ClO4Si/c1-4-27(5-2,6-3)21-20(26-21)18(25-19-12-7-8-13-23-19)15-24-17-11-9-10-16(22)14-17/h9-11,14,18-21H,4-8,12-13,15H2,1-3H3/t18-,19?,20?,21?/m0/s1. The number of benzene rings is 1. The molecule has 2 fully saturated rings. The molecule has 3 rings (SSSR count). The Kier molecular flexibility index (Phi) is 7.63. The van der Waals surface area contributed by atoms with Gasteiger partial charge in [0.25, 0.3) is 0 Å². The van der Waals surface area contributed by atoms with E-state index in [9.17, 15) is 0 Å². The van der Waals surface area contributed by atoms with Crippen LogP contribution >= 0.6 is 11.6 Å². The van der Waals surface area contributed by atoms with Crippen molar-refractivity contribution in [3.05, 3.63) is 29.3 Å². The average Bonchev–Trinajstić information content (AvgIpc) is 3.49. The molecule has 0 saturated carbocycles. The first-order valence-corrected chi connectivity index (χ1v) is 13.5. The summed E-state index contributed by atoms with van der Waals surface area (Å²) in [4.78, 5) is 0. The Bertz CT molecular complexity index is 581. The average molecular weight is 413 g/mol. The SMILES string of the molecule is CC[Si](CC)(CC)C1OC1[C@H](COc1cccc(Cl)c1)OC1CCCCO1. The van der Waals surface area contributed by atoms with Gasteiger partial charge >= 0.3 is 0 Å². The van der Waals surface area contributed by atoms with E-state index in [2.05, 4.69) is 20.8 Å². The number of halogens is 1. The highest BCUT2D eigenvalue weighted by Gasteiger charge is 2.57. The minimum Gasteiger partial charge on any atom is -0.491 e. The van der Waals surface area contributed by atoms with E-state index in [-0.39, 0.29) is 18.5 Å². The minimum absolute atomic E-state index is 0.103. The third-order valence-electron chi connectivity index (χ3n) is 6.28. The molecular weight excluding hydrogens is 380 g/mol. The van der Waals surface area contributed by atoms with Gasteiger partial charge in [0.15, 0.2) is 6.29 Å². The zero-order chi connectivity index (χ0) is 19.3. The molecule has 0 aliphatic carbocycles. The first kappa shape index (κ1) is 21.1. The van der Waals surface area contributed by atoms with E-state index in [4.69, 9.17) is 30.5 Å². The summed E-state index contributed by atoms with van der Waals surface area (Å²) in [6.07, 6.45) is 3.10. The lowest BCUT2D eigenvalue weighted by Crippen LogP contribution is -2.44. The fraction of sp³-hybridized carbons (Fsp3) is 0.714. The quantitative estimate of drug-likeness (QED) is 0.378. The second-order valence-electron chi connectivity index (χ2n) is 7.68. The molecule has 0 aromatic heterocycles. The third-order valence-corrected chi connectivity index (χ3v) is 12.4. The third kappa shape index (κ3) is 5.27. The van der Waals surface area contributed by atoms with Crippen LogP contribution in [-0.2, 0) is 14.2 Å². The van der Waals surface area contributed by atoms with E-state index in [0.717, 1.165) is 31.6 Å². The zero-order valence-corrected chi connectivity index (χ0v) is 18.5. The highest BCUT2D eigenvalue weighted by molar-refractivity contribution is 6.81. The van der Waals surface area contributed by atoms with E-state index in [0.29, 0.717) is 17.4 Å². The van der Waals surface area contributed by atoms with Gasteiger partial charge in [0.05, 0.1) is 13.8 Å². The van der Waals surface area contributed by atoms with Crippen LogP contribution in [0.15, 0.2) is 24.3 Å². The predicted molar refractivity (Wildman–Crippen MR) is 111 cm³/mol. The van der Waals surface area contributed by atoms with Gasteiger partial charge in [0, 0.05) is 11.6 Å². The van der Waals surface area contributed by atoms with Gasteiger partial charge < -0.3 is 18.9 Å². The van der Waals surface area contributed by atoms with Crippen molar-refractivity contribution in [2.75, 3.05) is 13.2 Å². The maximum Gasteiger partial charge on any atom is 0.158 e. The Morgan fingerprint density at radius 3 is 2.59 bits per heavy atom. The van der Waals surface area contributed by atoms with Gasteiger partial charge in [-0.15, -0.1) is 0 Å². The lowest BCUT2D eigenvalue weighted by atomic mass is 10.2. The second kappa shape index (κ2) is 9.75. The normalized spacial score (nSPS) is 26.6. The van der Waals surface area contributed by atoms with Gasteiger partial charge in [0.2, 0.25) is 0 Å². The van der Waals surface area contributed by atoms with Crippen LogP contribution in [-0.4, -0.2) is 45.5 Å². The van der Waals surface area contributed by atoms with Crippen molar-refractivity contribution in [3.8, 4) is 5.75 Å². The second-order valence-corrected chi connectivity index (χ2v) is 13.5. The largest absolute Gasteiger partial charge is 0.491 e. The molecule has 2 saturated heterocycles. The van der Waals surface area contributed by atoms with Crippen LogP contribution in [0.4, 0.5) is 0 Å². The minimum atomic E-state index is -1.41. The fourth-order valence-corrected chi connectivity index (χ4v) is 8.46. The van der Waals surface area contributed by atoms with Crippen molar-refractivity contribution in [3.63, 3.8) is 0 Å².